The van der Waals surface area contributed by atoms with Crippen molar-refractivity contribution >= 4 is 5.97 Å². The molecule has 0 aromatic rings. The van der Waals surface area contributed by atoms with Gasteiger partial charge in [-0.1, -0.05) is 52.2 Å². The summed E-state index contributed by atoms with van der Waals surface area (Å²) in [5.74, 6) is 0.531. The average Bonchev–Trinajstić information content (AvgIpc) is 2.74. The summed E-state index contributed by atoms with van der Waals surface area (Å²) < 4.78 is 4.96. The second kappa shape index (κ2) is 8.41. The van der Waals surface area contributed by atoms with Gasteiger partial charge in [0.1, 0.15) is 0 Å². The van der Waals surface area contributed by atoms with E-state index in [0.717, 1.165) is 24.3 Å². The third-order valence-electron chi connectivity index (χ3n) is 3.95. The topological polar surface area (TPSA) is 26.3 Å². The lowest BCUT2D eigenvalue weighted by atomic mass is 9.87. The summed E-state index contributed by atoms with van der Waals surface area (Å²) in [6.07, 6.45) is 11.0. The van der Waals surface area contributed by atoms with Crippen molar-refractivity contribution in [3.05, 3.63) is 23.3 Å². The van der Waals surface area contributed by atoms with Crippen LogP contribution in [0.25, 0.3) is 0 Å². The molecule has 0 saturated heterocycles. The van der Waals surface area contributed by atoms with Crippen LogP contribution in [0, 0.1) is 11.3 Å². The van der Waals surface area contributed by atoms with E-state index in [2.05, 4.69) is 33.8 Å². The fourth-order valence-electron chi connectivity index (χ4n) is 2.85. The van der Waals surface area contributed by atoms with E-state index in [4.69, 9.17) is 4.74 Å². The zero-order chi connectivity index (χ0) is 15.9. The van der Waals surface area contributed by atoms with Gasteiger partial charge in [-0.25, -0.2) is 4.79 Å². The molecule has 21 heavy (non-hydrogen) atoms. The zero-order valence-electron chi connectivity index (χ0n) is 14.5. The van der Waals surface area contributed by atoms with Crippen LogP contribution in [0.2, 0.25) is 0 Å². The lowest BCUT2D eigenvalue weighted by Crippen LogP contribution is -2.06. The van der Waals surface area contributed by atoms with Gasteiger partial charge >= 0.3 is 5.97 Å². The third kappa shape index (κ3) is 8.08. The first-order valence-corrected chi connectivity index (χ1v) is 8.37. The van der Waals surface area contributed by atoms with E-state index >= 15 is 0 Å². The van der Waals surface area contributed by atoms with Crippen molar-refractivity contribution in [2.75, 3.05) is 6.61 Å². The SMILES string of the molecule is CCOC(=O)/C=C1/C=C(CC(C)CCCC(C)(C)C)CC1. The van der Waals surface area contributed by atoms with Crippen molar-refractivity contribution in [2.24, 2.45) is 11.3 Å². The summed E-state index contributed by atoms with van der Waals surface area (Å²) in [6, 6.07) is 0. The number of hydrogen-bond donors (Lipinski definition) is 0. The summed E-state index contributed by atoms with van der Waals surface area (Å²) >= 11 is 0. The Kier molecular flexibility index (Phi) is 7.21. The molecule has 0 fully saturated rings. The number of ether oxygens (including phenoxy) is 1. The summed E-state index contributed by atoms with van der Waals surface area (Å²) in [5.41, 5.74) is 3.07. The molecule has 2 nitrogen and oxygen atoms in total. The highest BCUT2D eigenvalue weighted by molar-refractivity contribution is 5.83. The molecule has 120 valence electrons. The lowest BCUT2D eigenvalue weighted by Gasteiger charge is -2.19. The molecule has 0 aromatic heterocycles. The molecular weight excluding hydrogens is 260 g/mol. The van der Waals surface area contributed by atoms with Crippen molar-refractivity contribution in [2.45, 2.75) is 73.1 Å². The van der Waals surface area contributed by atoms with Crippen LogP contribution in [0.1, 0.15) is 73.1 Å². The summed E-state index contributed by atoms with van der Waals surface area (Å²) in [4.78, 5) is 11.4. The second-order valence-corrected chi connectivity index (χ2v) is 7.54. The van der Waals surface area contributed by atoms with Gasteiger partial charge in [0.2, 0.25) is 0 Å². The van der Waals surface area contributed by atoms with Gasteiger partial charge in [-0.15, -0.1) is 0 Å². The van der Waals surface area contributed by atoms with Gasteiger partial charge in [0, 0.05) is 6.08 Å². The van der Waals surface area contributed by atoms with Gasteiger partial charge < -0.3 is 4.74 Å². The minimum absolute atomic E-state index is 0.205. The number of carbonyl (C=O) groups excluding carboxylic acids is 1. The van der Waals surface area contributed by atoms with Gasteiger partial charge in [-0.05, 0) is 49.5 Å². The maximum absolute atomic E-state index is 11.4. The van der Waals surface area contributed by atoms with E-state index in [1.54, 1.807) is 6.08 Å². The van der Waals surface area contributed by atoms with Crippen LogP contribution >= 0.6 is 0 Å². The minimum atomic E-state index is -0.205. The summed E-state index contributed by atoms with van der Waals surface area (Å²) in [6.45, 7) is 11.6. The molecule has 0 radical (unpaired) electrons. The number of esters is 1. The van der Waals surface area contributed by atoms with Crippen molar-refractivity contribution in [3.63, 3.8) is 0 Å². The van der Waals surface area contributed by atoms with Crippen LogP contribution in [-0.4, -0.2) is 12.6 Å². The first-order valence-electron chi connectivity index (χ1n) is 8.37. The fraction of sp³-hybridized carbons (Fsp3) is 0.737. The Bertz CT molecular complexity index is 396. The van der Waals surface area contributed by atoms with Crippen LogP contribution in [0.5, 0.6) is 0 Å². The van der Waals surface area contributed by atoms with E-state index in [1.807, 2.05) is 6.92 Å². The van der Waals surface area contributed by atoms with E-state index < -0.39 is 0 Å². The second-order valence-electron chi connectivity index (χ2n) is 7.54. The molecule has 1 aliphatic carbocycles. The maximum atomic E-state index is 11.4. The third-order valence-corrected chi connectivity index (χ3v) is 3.95. The fourth-order valence-corrected chi connectivity index (χ4v) is 2.85. The molecule has 0 heterocycles. The van der Waals surface area contributed by atoms with Crippen LogP contribution in [0.4, 0.5) is 0 Å². The number of rotatable bonds is 7. The van der Waals surface area contributed by atoms with Gasteiger partial charge in [0.05, 0.1) is 6.61 Å². The Balaban J connectivity index is 2.36. The highest BCUT2D eigenvalue weighted by Gasteiger charge is 2.15. The molecule has 0 aromatic carbocycles. The normalized spacial score (nSPS) is 18.7. The van der Waals surface area contributed by atoms with Gasteiger partial charge in [0.25, 0.3) is 0 Å². The Morgan fingerprint density at radius 3 is 2.71 bits per heavy atom. The monoisotopic (exact) mass is 292 g/mol. The Morgan fingerprint density at radius 1 is 1.38 bits per heavy atom. The number of hydrogen-bond acceptors (Lipinski definition) is 2. The molecule has 1 unspecified atom stereocenters. The lowest BCUT2D eigenvalue weighted by molar-refractivity contribution is -0.137. The molecule has 1 atom stereocenters. The smallest absolute Gasteiger partial charge is 0.331 e. The molecule has 1 rings (SSSR count). The summed E-state index contributed by atoms with van der Waals surface area (Å²) in [5, 5.41) is 0. The Morgan fingerprint density at radius 2 is 2.10 bits per heavy atom. The molecular formula is C19H32O2. The largest absolute Gasteiger partial charge is 0.463 e. The van der Waals surface area contributed by atoms with E-state index in [-0.39, 0.29) is 5.97 Å². The molecule has 0 aliphatic heterocycles. The quantitative estimate of drug-likeness (QED) is 0.461. The molecule has 2 heteroatoms. The van der Waals surface area contributed by atoms with Gasteiger partial charge in [-0.2, -0.15) is 0 Å². The molecule has 0 N–H and O–H groups in total. The van der Waals surface area contributed by atoms with E-state index in [0.29, 0.717) is 12.0 Å². The molecule has 0 saturated carbocycles. The number of allylic oxidation sites excluding steroid dienone is 3. The molecule has 1 aliphatic rings. The van der Waals surface area contributed by atoms with Crippen molar-refractivity contribution < 1.29 is 9.53 Å². The molecule has 0 spiro atoms. The highest BCUT2D eigenvalue weighted by atomic mass is 16.5. The summed E-state index contributed by atoms with van der Waals surface area (Å²) in [7, 11) is 0. The van der Waals surface area contributed by atoms with Crippen molar-refractivity contribution in [1.82, 2.24) is 0 Å². The maximum Gasteiger partial charge on any atom is 0.331 e. The first kappa shape index (κ1) is 18.0. The van der Waals surface area contributed by atoms with Crippen LogP contribution < -0.4 is 0 Å². The molecule has 0 bridgehead atoms. The first-order chi connectivity index (χ1) is 9.80. The van der Waals surface area contributed by atoms with Crippen molar-refractivity contribution in [1.29, 1.82) is 0 Å². The van der Waals surface area contributed by atoms with Crippen molar-refractivity contribution in [3.8, 4) is 0 Å². The zero-order valence-corrected chi connectivity index (χ0v) is 14.5. The highest BCUT2D eigenvalue weighted by Crippen LogP contribution is 2.31. The van der Waals surface area contributed by atoms with Crippen LogP contribution in [0.3, 0.4) is 0 Å². The number of carbonyl (C=O) groups is 1. The Labute approximate surface area is 130 Å². The van der Waals surface area contributed by atoms with Gasteiger partial charge in [-0.3, -0.25) is 0 Å². The van der Waals surface area contributed by atoms with Gasteiger partial charge in [0.15, 0.2) is 0 Å². The van der Waals surface area contributed by atoms with E-state index in [1.165, 1.54) is 31.3 Å². The predicted molar refractivity (Wildman–Crippen MR) is 89.1 cm³/mol. The average molecular weight is 292 g/mol. The van der Waals surface area contributed by atoms with Crippen LogP contribution in [0.15, 0.2) is 23.3 Å². The predicted octanol–water partition coefficient (Wildman–Crippen LogP) is 5.44. The van der Waals surface area contributed by atoms with Crippen LogP contribution in [-0.2, 0) is 9.53 Å². The Hall–Kier alpha value is -1.05. The van der Waals surface area contributed by atoms with E-state index in [9.17, 15) is 4.79 Å². The molecule has 0 amide bonds. The standard InChI is InChI=1S/C19H32O2/c1-6-21-18(20)14-17-10-9-16(13-17)12-15(2)8-7-11-19(3,4)5/h13-15H,6-12H2,1-5H3/b17-14+. The minimum Gasteiger partial charge on any atom is -0.463 e.